The highest BCUT2D eigenvalue weighted by molar-refractivity contribution is 5.90. The van der Waals surface area contributed by atoms with E-state index >= 15 is 0 Å². The minimum atomic E-state index is -0.624. The molecule has 2 rings (SSSR count). The van der Waals surface area contributed by atoms with Crippen molar-refractivity contribution in [3.63, 3.8) is 0 Å². The van der Waals surface area contributed by atoms with E-state index in [2.05, 4.69) is 5.32 Å². The molecule has 1 aromatic carbocycles. The van der Waals surface area contributed by atoms with E-state index in [1.54, 1.807) is 11.9 Å². The van der Waals surface area contributed by atoms with Gasteiger partial charge in [0.1, 0.15) is 6.04 Å². The molecule has 0 saturated carbocycles. The number of rotatable bonds is 4. The summed E-state index contributed by atoms with van der Waals surface area (Å²) < 4.78 is 0. The van der Waals surface area contributed by atoms with Gasteiger partial charge in [0.2, 0.25) is 11.8 Å². The van der Waals surface area contributed by atoms with Crippen molar-refractivity contribution in [1.29, 1.82) is 0 Å². The molecule has 110 valence electrons. The highest BCUT2D eigenvalue weighted by Crippen LogP contribution is 2.09. The molecule has 1 heterocycles. The van der Waals surface area contributed by atoms with Crippen LogP contribution in [0, 0.1) is 0 Å². The van der Waals surface area contributed by atoms with Crippen LogP contribution >= 0.6 is 12.4 Å². The lowest BCUT2D eigenvalue weighted by molar-refractivity contribution is -0.132. The largest absolute Gasteiger partial charge is 0.344 e. The van der Waals surface area contributed by atoms with Crippen molar-refractivity contribution in [1.82, 2.24) is 10.2 Å². The normalized spacial score (nSPS) is 19.4. The number of carbonyl (C=O) groups is 2. The first kappa shape index (κ1) is 16.5. The van der Waals surface area contributed by atoms with Crippen molar-refractivity contribution < 1.29 is 9.59 Å². The Bertz CT molecular complexity index is 467. The Labute approximate surface area is 124 Å². The number of likely N-dealkylation sites (N-methyl/N-ethyl adjacent to an activating group) is 1. The number of likely N-dealkylation sites (tertiary alicyclic amines) is 1. The predicted octanol–water partition coefficient (Wildman–Crippen LogP) is 0.325. The number of nitrogens with two attached hydrogens (primary N) is 1. The second kappa shape index (κ2) is 7.26. The Morgan fingerprint density at radius 1 is 1.45 bits per heavy atom. The fraction of sp³-hybridized carbons (Fsp3) is 0.429. The van der Waals surface area contributed by atoms with Crippen molar-refractivity contribution in [2.45, 2.75) is 24.9 Å². The van der Waals surface area contributed by atoms with Gasteiger partial charge in [-0.3, -0.25) is 9.59 Å². The van der Waals surface area contributed by atoms with E-state index in [0.717, 1.165) is 5.56 Å². The molecule has 2 amide bonds. The second-order valence-electron chi connectivity index (χ2n) is 4.91. The van der Waals surface area contributed by atoms with Crippen LogP contribution in [-0.4, -0.2) is 42.4 Å². The first-order chi connectivity index (χ1) is 9.08. The summed E-state index contributed by atoms with van der Waals surface area (Å²) in [5.41, 5.74) is 6.88. The van der Waals surface area contributed by atoms with Gasteiger partial charge >= 0.3 is 0 Å². The standard InChI is InChI=1S/C14H19N3O2.ClH/c1-17-8-7-12(14(17)19)16-13(18)11(15)9-10-5-3-2-4-6-10;/h2-6,11-12H,7-9,15H2,1H3,(H,16,18);1H. The molecule has 5 nitrogen and oxygen atoms in total. The number of benzene rings is 1. The number of carbonyl (C=O) groups excluding carboxylic acids is 2. The Balaban J connectivity index is 0.00000200. The zero-order valence-corrected chi connectivity index (χ0v) is 12.2. The van der Waals surface area contributed by atoms with E-state index < -0.39 is 12.1 Å². The molecule has 1 saturated heterocycles. The zero-order valence-electron chi connectivity index (χ0n) is 11.4. The molecule has 1 aliphatic heterocycles. The van der Waals surface area contributed by atoms with Crippen LogP contribution < -0.4 is 11.1 Å². The molecule has 0 aromatic heterocycles. The molecule has 0 radical (unpaired) electrons. The third-order valence-electron chi connectivity index (χ3n) is 3.38. The quantitative estimate of drug-likeness (QED) is 0.841. The molecular formula is C14H20ClN3O2. The van der Waals surface area contributed by atoms with Crippen LogP contribution in [0.3, 0.4) is 0 Å². The third-order valence-corrected chi connectivity index (χ3v) is 3.38. The molecule has 0 aliphatic carbocycles. The Kier molecular flexibility index (Phi) is 5.98. The summed E-state index contributed by atoms with van der Waals surface area (Å²) in [6.45, 7) is 0.678. The van der Waals surface area contributed by atoms with E-state index in [1.807, 2.05) is 30.3 Å². The van der Waals surface area contributed by atoms with Gasteiger partial charge in [0.25, 0.3) is 0 Å². The molecule has 20 heavy (non-hydrogen) atoms. The third kappa shape index (κ3) is 3.95. The molecule has 1 aromatic rings. The highest BCUT2D eigenvalue weighted by atomic mass is 35.5. The van der Waals surface area contributed by atoms with Crippen molar-refractivity contribution in [2.75, 3.05) is 13.6 Å². The van der Waals surface area contributed by atoms with Gasteiger partial charge in [-0.05, 0) is 18.4 Å². The van der Waals surface area contributed by atoms with E-state index in [4.69, 9.17) is 5.73 Å². The lowest BCUT2D eigenvalue weighted by atomic mass is 10.1. The fourth-order valence-corrected chi connectivity index (χ4v) is 2.20. The van der Waals surface area contributed by atoms with Gasteiger partial charge in [-0.25, -0.2) is 0 Å². The van der Waals surface area contributed by atoms with Gasteiger partial charge in [-0.15, -0.1) is 12.4 Å². The van der Waals surface area contributed by atoms with Gasteiger partial charge in [-0.2, -0.15) is 0 Å². The maximum absolute atomic E-state index is 11.9. The van der Waals surface area contributed by atoms with Crippen LogP contribution in [0.4, 0.5) is 0 Å². The molecule has 0 spiro atoms. The lowest BCUT2D eigenvalue weighted by Gasteiger charge is -2.16. The Morgan fingerprint density at radius 2 is 2.10 bits per heavy atom. The molecule has 2 unspecified atom stereocenters. The molecule has 1 aliphatic rings. The first-order valence-corrected chi connectivity index (χ1v) is 6.43. The van der Waals surface area contributed by atoms with Crippen LogP contribution in [0.15, 0.2) is 30.3 Å². The summed E-state index contributed by atoms with van der Waals surface area (Å²) in [5, 5.41) is 2.72. The first-order valence-electron chi connectivity index (χ1n) is 6.43. The van der Waals surface area contributed by atoms with Crippen LogP contribution in [0.5, 0.6) is 0 Å². The highest BCUT2D eigenvalue weighted by Gasteiger charge is 2.31. The van der Waals surface area contributed by atoms with Gasteiger partial charge < -0.3 is 16.0 Å². The Hall–Kier alpha value is -1.59. The van der Waals surface area contributed by atoms with Crippen LogP contribution in [0.2, 0.25) is 0 Å². The van der Waals surface area contributed by atoms with Crippen LogP contribution in [0.25, 0.3) is 0 Å². The van der Waals surface area contributed by atoms with E-state index in [1.165, 1.54) is 0 Å². The molecule has 1 fully saturated rings. The fourth-order valence-electron chi connectivity index (χ4n) is 2.20. The molecule has 0 bridgehead atoms. The molecule has 2 atom stereocenters. The maximum Gasteiger partial charge on any atom is 0.244 e. The van der Waals surface area contributed by atoms with E-state index in [9.17, 15) is 9.59 Å². The van der Waals surface area contributed by atoms with Gasteiger partial charge in [-0.1, -0.05) is 30.3 Å². The molecule has 6 heteroatoms. The number of nitrogens with zero attached hydrogens (tertiary/aromatic N) is 1. The topological polar surface area (TPSA) is 75.4 Å². The summed E-state index contributed by atoms with van der Waals surface area (Å²) in [5.74, 6) is -0.308. The number of hydrogen-bond acceptors (Lipinski definition) is 3. The number of nitrogens with one attached hydrogen (secondary N) is 1. The number of amides is 2. The maximum atomic E-state index is 11.9. The lowest BCUT2D eigenvalue weighted by Crippen LogP contribution is -2.48. The van der Waals surface area contributed by atoms with Crippen molar-refractivity contribution in [3.8, 4) is 0 Å². The average molecular weight is 298 g/mol. The smallest absolute Gasteiger partial charge is 0.244 e. The van der Waals surface area contributed by atoms with Gasteiger partial charge in [0.15, 0.2) is 0 Å². The SMILES string of the molecule is CN1CCC(NC(=O)C(N)Cc2ccccc2)C1=O.Cl. The summed E-state index contributed by atoms with van der Waals surface area (Å²) in [7, 11) is 1.73. The second-order valence-corrected chi connectivity index (χ2v) is 4.91. The molecular weight excluding hydrogens is 278 g/mol. The summed E-state index contributed by atoms with van der Waals surface area (Å²) in [6.07, 6.45) is 1.13. The van der Waals surface area contributed by atoms with E-state index in [-0.39, 0.29) is 24.2 Å². The van der Waals surface area contributed by atoms with Crippen LogP contribution in [0.1, 0.15) is 12.0 Å². The Morgan fingerprint density at radius 3 is 2.65 bits per heavy atom. The average Bonchev–Trinajstić information content (AvgIpc) is 2.72. The monoisotopic (exact) mass is 297 g/mol. The van der Waals surface area contributed by atoms with Crippen molar-refractivity contribution in [3.05, 3.63) is 35.9 Å². The number of halogens is 1. The van der Waals surface area contributed by atoms with Gasteiger partial charge in [0, 0.05) is 13.6 Å². The van der Waals surface area contributed by atoms with Crippen LogP contribution in [-0.2, 0) is 16.0 Å². The molecule has 3 N–H and O–H groups in total. The van der Waals surface area contributed by atoms with Crippen molar-refractivity contribution >= 4 is 24.2 Å². The summed E-state index contributed by atoms with van der Waals surface area (Å²) >= 11 is 0. The van der Waals surface area contributed by atoms with E-state index in [0.29, 0.717) is 19.4 Å². The minimum absolute atomic E-state index is 0. The van der Waals surface area contributed by atoms with Gasteiger partial charge in [0.05, 0.1) is 6.04 Å². The zero-order chi connectivity index (χ0) is 13.8. The predicted molar refractivity (Wildman–Crippen MR) is 79.6 cm³/mol. The number of hydrogen-bond donors (Lipinski definition) is 2. The summed E-state index contributed by atoms with van der Waals surface area (Å²) in [6, 6.07) is 8.57. The minimum Gasteiger partial charge on any atom is -0.344 e. The van der Waals surface area contributed by atoms with Crippen molar-refractivity contribution in [2.24, 2.45) is 5.73 Å². The summed E-state index contributed by atoms with van der Waals surface area (Å²) in [4.78, 5) is 25.3.